The normalized spacial score (nSPS) is 14.9. The third kappa shape index (κ3) is 4.40. The molecule has 1 fully saturated rings. The Labute approximate surface area is 156 Å². The fraction of sp³-hybridized carbons (Fsp3) is 0.316. The van der Waals surface area contributed by atoms with Crippen molar-refractivity contribution >= 4 is 29.3 Å². The van der Waals surface area contributed by atoms with Gasteiger partial charge in [-0.3, -0.25) is 9.59 Å². The van der Waals surface area contributed by atoms with Crippen LogP contribution in [0.15, 0.2) is 47.6 Å². The van der Waals surface area contributed by atoms with Crippen LogP contribution in [0.2, 0.25) is 0 Å². The highest BCUT2D eigenvalue weighted by Crippen LogP contribution is 2.23. The summed E-state index contributed by atoms with van der Waals surface area (Å²) < 4.78 is 13.6. The van der Waals surface area contributed by atoms with Gasteiger partial charge in [0.25, 0.3) is 5.91 Å². The number of nitrogens with one attached hydrogen (secondary N) is 1. The van der Waals surface area contributed by atoms with Crippen LogP contribution in [-0.4, -0.2) is 40.0 Å². The van der Waals surface area contributed by atoms with Crippen molar-refractivity contribution < 1.29 is 14.0 Å². The lowest BCUT2D eigenvalue weighted by molar-refractivity contribution is -0.115. The second-order valence-corrected chi connectivity index (χ2v) is 7.47. The zero-order chi connectivity index (χ0) is 18.5. The number of benzene rings is 1. The SMILES string of the molecule is CC(Sc1ccc(C(=O)N2CCCC2)cn1)C(=O)Nc1ccccc1F. The molecule has 0 bridgehead atoms. The Kier molecular flexibility index (Phi) is 5.88. The lowest BCUT2D eigenvalue weighted by atomic mass is 10.2. The van der Waals surface area contributed by atoms with Crippen LogP contribution in [0.25, 0.3) is 0 Å². The number of hydrogen-bond acceptors (Lipinski definition) is 4. The first-order chi connectivity index (χ1) is 12.5. The summed E-state index contributed by atoms with van der Waals surface area (Å²) in [7, 11) is 0. The number of aromatic nitrogens is 1. The molecule has 0 spiro atoms. The molecular formula is C19H20FN3O2S. The first-order valence-corrected chi connectivity index (χ1v) is 9.40. The van der Waals surface area contributed by atoms with E-state index in [9.17, 15) is 14.0 Å². The predicted molar refractivity (Wildman–Crippen MR) is 99.7 cm³/mol. The summed E-state index contributed by atoms with van der Waals surface area (Å²) in [4.78, 5) is 30.6. The van der Waals surface area contributed by atoms with Gasteiger partial charge in [0, 0.05) is 19.3 Å². The lowest BCUT2D eigenvalue weighted by Crippen LogP contribution is -2.27. The van der Waals surface area contributed by atoms with Gasteiger partial charge in [0.1, 0.15) is 5.82 Å². The summed E-state index contributed by atoms with van der Waals surface area (Å²) in [6.45, 7) is 3.32. The zero-order valence-electron chi connectivity index (χ0n) is 14.4. The van der Waals surface area contributed by atoms with Gasteiger partial charge in [0.15, 0.2) is 0 Å². The van der Waals surface area contributed by atoms with E-state index in [1.807, 2.05) is 4.90 Å². The lowest BCUT2D eigenvalue weighted by Gasteiger charge is -2.15. The number of pyridine rings is 1. The van der Waals surface area contributed by atoms with Crippen molar-refractivity contribution in [2.75, 3.05) is 18.4 Å². The summed E-state index contributed by atoms with van der Waals surface area (Å²) in [5.41, 5.74) is 0.712. The molecule has 5 nitrogen and oxygen atoms in total. The van der Waals surface area contributed by atoms with Crippen molar-refractivity contribution in [2.45, 2.75) is 30.0 Å². The van der Waals surface area contributed by atoms with E-state index in [1.165, 1.54) is 23.9 Å². The van der Waals surface area contributed by atoms with E-state index >= 15 is 0 Å². The highest BCUT2D eigenvalue weighted by molar-refractivity contribution is 8.00. The highest BCUT2D eigenvalue weighted by Gasteiger charge is 2.20. The van der Waals surface area contributed by atoms with Crippen LogP contribution in [0.5, 0.6) is 0 Å². The van der Waals surface area contributed by atoms with Crippen molar-refractivity contribution in [1.82, 2.24) is 9.88 Å². The average Bonchev–Trinajstić information content (AvgIpc) is 3.18. The zero-order valence-corrected chi connectivity index (χ0v) is 15.3. The van der Waals surface area contributed by atoms with Crippen molar-refractivity contribution in [3.8, 4) is 0 Å². The molecule has 1 N–H and O–H groups in total. The number of likely N-dealkylation sites (tertiary alicyclic amines) is 1. The number of hydrogen-bond donors (Lipinski definition) is 1. The summed E-state index contributed by atoms with van der Waals surface area (Å²) in [5.74, 6) is -0.781. The molecule has 136 valence electrons. The van der Waals surface area contributed by atoms with E-state index < -0.39 is 11.1 Å². The van der Waals surface area contributed by atoms with Gasteiger partial charge >= 0.3 is 0 Å². The molecule has 1 aliphatic rings. The maximum Gasteiger partial charge on any atom is 0.255 e. The van der Waals surface area contributed by atoms with Gasteiger partial charge in [-0.05, 0) is 44.0 Å². The van der Waals surface area contributed by atoms with Gasteiger partial charge in [-0.25, -0.2) is 9.37 Å². The smallest absolute Gasteiger partial charge is 0.255 e. The van der Waals surface area contributed by atoms with Gasteiger partial charge in [0.2, 0.25) is 5.91 Å². The predicted octanol–water partition coefficient (Wildman–Crippen LogP) is 3.58. The maximum absolute atomic E-state index is 13.6. The first-order valence-electron chi connectivity index (χ1n) is 8.52. The van der Waals surface area contributed by atoms with Crippen LogP contribution in [0.3, 0.4) is 0 Å². The monoisotopic (exact) mass is 373 g/mol. The largest absolute Gasteiger partial charge is 0.339 e. The Morgan fingerprint density at radius 1 is 1.19 bits per heavy atom. The number of anilines is 1. The molecule has 1 aliphatic heterocycles. The van der Waals surface area contributed by atoms with E-state index in [-0.39, 0.29) is 17.5 Å². The number of carbonyl (C=O) groups is 2. The Morgan fingerprint density at radius 2 is 1.92 bits per heavy atom. The second kappa shape index (κ2) is 8.31. The van der Waals surface area contributed by atoms with Crippen LogP contribution >= 0.6 is 11.8 Å². The molecule has 0 saturated carbocycles. The summed E-state index contributed by atoms with van der Waals surface area (Å²) in [5, 5.41) is 2.76. The van der Waals surface area contributed by atoms with Gasteiger partial charge in [-0.1, -0.05) is 23.9 Å². The van der Waals surface area contributed by atoms with Gasteiger partial charge in [0.05, 0.1) is 21.5 Å². The third-order valence-corrected chi connectivity index (χ3v) is 5.23. The fourth-order valence-corrected chi connectivity index (χ4v) is 3.50. The Morgan fingerprint density at radius 3 is 2.58 bits per heavy atom. The average molecular weight is 373 g/mol. The molecule has 2 amide bonds. The van der Waals surface area contributed by atoms with Gasteiger partial charge in [-0.15, -0.1) is 0 Å². The Hall–Kier alpha value is -2.41. The molecule has 3 rings (SSSR count). The minimum Gasteiger partial charge on any atom is -0.339 e. The van der Waals surface area contributed by atoms with E-state index in [4.69, 9.17) is 0 Å². The van der Waals surface area contributed by atoms with Crippen LogP contribution in [0.4, 0.5) is 10.1 Å². The number of nitrogens with zero attached hydrogens (tertiary/aromatic N) is 2. The van der Waals surface area contributed by atoms with Gasteiger partial charge < -0.3 is 10.2 Å². The first kappa shape index (κ1) is 18.4. The molecule has 1 aromatic carbocycles. The number of rotatable bonds is 5. The summed E-state index contributed by atoms with van der Waals surface area (Å²) in [6, 6.07) is 9.51. The molecule has 7 heteroatoms. The number of amides is 2. The number of para-hydroxylation sites is 1. The topological polar surface area (TPSA) is 62.3 Å². The molecule has 0 radical (unpaired) electrons. The van der Waals surface area contributed by atoms with Crippen molar-refractivity contribution in [2.24, 2.45) is 0 Å². The number of halogens is 1. The molecule has 1 aromatic heterocycles. The standard InChI is InChI=1S/C19H20FN3O2S/c1-13(18(24)22-16-7-3-2-6-15(16)20)26-17-9-8-14(12-21-17)19(25)23-10-4-5-11-23/h2-3,6-9,12-13H,4-5,10-11H2,1H3,(H,22,24). The minimum absolute atomic E-state index is 0.00288. The van der Waals surface area contributed by atoms with Crippen LogP contribution < -0.4 is 5.32 Å². The molecule has 2 heterocycles. The molecule has 0 aliphatic carbocycles. The van der Waals surface area contributed by atoms with E-state index in [0.717, 1.165) is 25.9 Å². The second-order valence-electron chi connectivity index (χ2n) is 6.11. The van der Waals surface area contributed by atoms with Crippen molar-refractivity contribution in [1.29, 1.82) is 0 Å². The Balaban J connectivity index is 1.58. The van der Waals surface area contributed by atoms with Crippen LogP contribution in [0, 0.1) is 5.82 Å². The quantitative estimate of drug-likeness (QED) is 0.814. The maximum atomic E-state index is 13.6. The summed E-state index contributed by atoms with van der Waals surface area (Å²) in [6.07, 6.45) is 3.63. The number of thioether (sulfide) groups is 1. The van der Waals surface area contributed by atoms with Gasteiger partial charge in [-0.2, -0.15) is 0 Å². The van der Waals surface area contributed by atoms with Crippen molar-refractivity contribution in [3.63, 3.8) is 0 Å². The third-order valence-electron chi connectivity index (χ3n) is 4.18. The Bertz CT molecular complexity index is 792. The van der Waals surface area contributed by atoms with E-state index in [0.29, 0.717) is 10.6 Å². The number of carbonyl (C=O) groups excluding carboxylic acids is 2. The minimum atomic E-state index is -0.471. The summed E-state index contributed by atoms with van der Waals surface area (Å²) >= 11 is 1.26. The molecule has 2 aromatic rings. The molecule has 26 heavy (non-hydrogen) atoms. The van der Waals surface area contributed by atoms with E-state index in [1.54, 1.807) is 37.4 Å². The highest BCUT2D eigenvalue weighted by atomic mass is 32.2. The van der Waals surface area contributed by atoms with Crippen LogP contribution in [0.1, 0.15) is 30.1 Å². The fourth-order valence-electron chi connectivity index (χ4n) is 2.71. The molecular weight excluding hydrogens is 353 g/mol. The van der Waals surface area contributed by atoms with Crippen LogP contribution in [-0.2, 0) is 4.79 Å². The molecule has 1 saturated heterocycles. The molecule has 1 atom stereocenters. The van der Waals surface area contributed by atoms with Crippen molar-refractivity contribution in [3.05, 3.63) is 54.0 Å². The molecule has 1 unspecified atom stereocenters. The van der Waals surface area contributed by atoms with E-state index in [2.05, 4.69) is 10.3 Å².